The summed E-state index contributed by atoms with van der Waals surface area (Å²) in [7, 11) is 1.56. The molecule has 0 aromatic heterocycles. The van der Waals surface area contributed by atoms with Gasteiger partial charge in [0.05, 0.1) is 11.8 Å². The van der Waals surface area contributed by atoms with E-state index in [9.17, 15) is 9.59 Å². The maximum absolute atomic E-state index is 15.0. The Hall–Kier alpha value is -3.76. The SMILES string of the molecule is C=c1cc(OCCOC)cc(F)/c1=C(/N=C\C)Nc1ccc(NC(=O)CC(=O)NCCN2CCCCC2)cc1. The van der Waals surface area contributed by atoms with E-state index in [-0.39, 0.29) is 23.4 Å². The number of piperidine rings is 1. The van der Waals surface area contributed by atoms with E-state index in [0.29, 0.717) is 42.1 Å². The number of amides is 2. The molecular weight excluding hydrogens is 501 g/mol. The number of methoxy groups -OCH3 is 1. The number of nitrogens with zero attached hydrogens (tertiary/aromatic N) is 2. The number of aliphatic imine (C=N–C) groups is 1. The van der Waals surface area contributed by atoms with Crippen molar-refractivity contribution in [1.82, 2.24) is 10.2 Å². The second-order valence-corrected chi connectivity index (χ2v) is 9.20. The van der Waals surface area contributed by atoms with Gasteiger partial charge in [-0.25, -0.2) is 9.38 Å². The monoisotopic (exact) mass is 539 g/mol. The van der Waals surface area contributed by atoms with Gasteiger partial charge in [0.15, 0.2) is 0 Å². The molecule has 2 amide bonds. The van der Waals surface area contributed by atoms with E-state index < -0.39 is 11.7 Å². The normalized spacial score (nSPS) is 14.6. The number of hydrogen-bond acceptors (Lipinski definition) is 7. The Labute approximate surface area is 228 Å². The molecule has 3 rings (SSSR count). The highest BCUT2D eigenvalue weighted by atomic mass is 19.1. The second kappa shape index (κ2) is 15.6. The lowest BCUT2D eigenvalue weighted by Gasteiger charge is -2.26. The minimum absolute atomic E-state index is 0.218. The van der Waals surface area contributed by atoms with E-state index in [4.69, 9.17) is 9.47 Å². The molecule has 1 aliphatic rings. The van der Waals surface area contributed by atoms with E-state index in [2.05, 4.69) is 32.4 Å². The van der Waals surface area contributed by atoms with Gasteiger partial charge >= 0.3 is 0 Å². The van der Waals surface area contributed by atoms with Gasteiger partial charge in [0.25, 0.3) is 0 Å². The van der Waals surface area contributed by atoms with E-state index in [0.717, 1.165) is 19.6 Å². The molecule has 1 aliphatic heterocycles. The van der Waals surface area contributed by atoms with E-state index in [1.807, 2.05) is 0 Å². The standard InChI is InChI=1S/C29H38FN5O4/c1-4-31-29(28-21(2)18-24(19-25(28)30)39-17-16-38-3)34-23-10-8-22(9-11-23)33-27(37)20-26(36)32-12-15-35-13-6-5-7-14-35/h4,8-11,18-19,34H,2,5-7,12-17,20H2,1,3H3,(H,32,36)(H,33,37)/b29-28-,31-4-. The fourth-order valence-electron chi connectivity index (χ4n) is 4.24. The predicted molar refractivity (Wildman–Crippen MR) is 153 cm³/mol. The molecule has 3 N–H and O–H groups in total. The minimum atomic E-state index is -0.527. The van der Waals surface area contributed by atoms with Gasteiger partial charge < -0.3 is 30.3 Å². The van der Waals surface area contributed by atoms with Gasteiger partial charge in [-0.05, 0) is 68.4 Å². The van der Waals surface area contributed by atoms with Crippen LogP contribution in [-0.4, -0.2) is 69.4 Å². The Bertz CT molecular complexity index is 1240. The number of benzene rings is 2. The van der Waals surface area contributed by atoms with E-state index in [1.165, 1.54) is 25.3 Å². The highest BCUT2D eigenvalue weighted by Crippen LogP contribution is 2.16. The van der Waals surface area contributed by atoms with Gasteiger partial charge in [-0.2, -0.15) is 0 Å². The second-order valence-electron chi connectivity index (χ2n) is 9.20. The van der Waals surface area contributed by atoms with Crippen LogP contribution in [0.5, 0.6) is 5.75 Å². The van der Waals surface area contributed by atoms with Crippen LogP contribution in [0.25, 0.3) is 12.4 Å². The number of nitrogens with one attached hydrogen (secondary N) is 3. The zero-order chi connectivity index (χ0) is 28.0. The van der Waals surface area contributed by atoms with Gasteiger partial charge in [-0.15, -0.1) is 0 Å². The number of carbonyl (C=O) groups is 2. The summed E-state index contributed by atoms with van der Waals surface area (Å²) in [5, 5.41) is 9.28. The molecule has 1 saturated heterocycles. The zero-order valence-electron chi connectivity index (χ0n) is 22.7. The molecule has 0 bridgehead atoms. The molecule has 0 spiro atoms. The van der Waals surface area contributed by atoms with Gasteiger partial charge in [0, 0.05) is 43.9 Å². The molecule has 0 atom stereocenters. The van der Waals surface area contributed by atoms with E-state index >= 15 is 4.39 Å². The molecule has 39 heavy (non-hydrogen) atoms. The van der Waals surface area contributed by atoms with Gasteiger partial charge in [-0.3, -0.25) is 9.59 Å². The molecule has 0 aliphatic carbocycles. The van der Waals surface area contributed by atoms with Gasteiger partial charge in [0.2, 0.25) is 11.8 Å². The predicted octanol–water partition coefficient (Wildman–Crippen LogP) is 2.46. The Kier molecular flexibility index (Phi) is 11.9. The Morgan fingerprint density at radius 2 is 1.74 bits per heavy atom. The summed E-state index contributed by atoms with van der Waals surface area (Å²) >= 11 is 0. The number of rotatable bonds is 13. The molecule has 1 heterocycles. The quantitative estimate of drug-likeness (QED) is 0.205. The van der Waals surface area contributed by atoms with Crippen molar-refractivity contribution in [2.24, 2.45) is 4.99 Å². The van der Waals surface area contributed by atoms with Crippen LogP contribution in [0.2, 0.25) is 0 Å². The highest BCUT2D eigenvalue weighted by Gasteiger charge is 2.13. The first-order chi connectivity index (χ1) is 18.9. The lowest BCUT2D eigenvalue weighted by atomic mass is 10.1. The first kappa shape index (κ1) is 29.8. The number of likely N-dealkylation sites (tertiary alicyclic amines) is 1. The number of hydrogen-bond donors (Lipinski definition) is 3. The van der Waals surface area contributed by atoms with Crippen molar-refractivity contribution in [2.45, 2.75) is 32.6 Å². The first-order valence-electron chi connectivity index (χ1n) is 13.2. The third kappa shape index (κ3) is 9.81. The summed E-state index contributed by atoms with van der Waals surface area (Å²) in [5.41, 5.74) is 1.16. The Morgan fingerprint density at radius 1 is 1.05 bits per heavy atom. The summed E-state index contributed by atoms with van der Waals surface area (Å²) in [6.45, 7) is 9.83. The molecule has 1 fully saturated rings. The average molecular weight is 540 g/mol. The highest BCUT2D eigenvalue weighted by molar-refractivity contribution is 6.03. The lowest BCUT2D eigenvalue weighted by Crippen LogP contribution is -2.38. The Morgan fingerprint density at radius 3 is 2.38 bits per heavy atom. The zero-order valence-corrected chi connectivity index (χ0v) is 22.7. The third-order valence-corrected chi connectivity index (χ3v) is 6.15. The Balaban J connectivity index is 1.58. The lowest BCUT2D eigenvalue weighted by molar-refractivity contribution is -0.126. The van der Waals surface area contributed by atoms with Crippen LogP contribution in [0.3, 0.4) is 0 Å². The molecule has 10 heteroatoms. The van der Waals surface area contributed by atoms with Crippen molar-refractivity contribution in [3.8, 4) is 5.75 Å². The minimum Gasteiger partial charge on any atom is -0.491 e. The van der Waals surface area contributed by atoms with Crippen LogP contribution in [0.1, 0.15) is 32.6 Å². The summed E-state index contributed by atoms with van der Waals surface area (Å²) < 4.78 is 25.5. The number of ether oxygens (including phenoxy) is 2. The maximum Gasteiger partial charge on any atom is 0.233 e. The third-order valence-electron chi connectivity index (χ3n) is 6.15. The van der Waals surface area contributed by atoms with Crippen LogP contribution >= 0.6 is 0 Å². The molecule has 0 radical (unpaired) electrons. The van der Waals surface area contributed by atoms with Gasteiger partial charge in [0.1, 0.15) is 30.4 Å². The van der Waals surface area contributed by atoms with Crippen molar-refractivity contribution >= 4 is 41.8 Å². The molecular formula is C29H38FN5O4. The average Bonchev–Trinajstić information content (AvgIpc) is 2.90. The summed E-state index contributed by atoms with van der Waals surface area (Å²) in [5.74, 6) is -0.595. The molecule has 0 saturated carbocycles. The maximum atomic E-state index is 15.0. The van der Waals surface area contributed by atoms with Crippen LogP contribution in [-0.2, 0) is 14.3 Å². The van der Waals surface area contributed by atoms with Crippen LogP contribution in [0.15, 0.2) is 41.4 Å². The molecule has 2 aromatic carbocycles. The molecule has 210 valence electrons. The van der Waals surface area contributed by atoms with Gasteiger partial charge in [-0.1, -0.05) is 13.0 Å². The summed E-state index contributed by atoms with van der Waals surface area (Å²) in [6, 6.07) is 9.76. The number of carbonyl (C=O) groups excluding carboxylic acids is 2. The summed E-state index contributed by atoms with van der Waals surface area (Å²) in [4.78, 5) is 31.1. The number of anilines is 2. The first-order valence-corrected chi connectivity index (χ1v) is 13.2. The topological polar surface area (TPSA) is 104 Å². The smallest absolute Gasteiger partial charge is 0.233 e. The number of halogens is 1. The fraction of sp³-hybridized carbons (Fsp3) is 0.414. The van der Waals surface area contributed by atoms with Crippen LogP contribution in [0.4, 0.5) is 15.8 Å². The van der Waals surface area contributed by atoms with Crippen LogP contribution < -0.4 is 31.1 Å². The van der Waals surface area contributed by atoms with Crippen molar-refractivity contribution in [2.75, 3.05) is 57.1 Å². The molecule has 2 aromatic rings. The molecule has 0 unspecified atom stereocenters. The van der Waals surface area contributed by atoms with Crippen molar-refractivity contribution in [1.29, 1.82) is 0 Å². The largest absolute Gasteiger partial charge is 0.491 e. The van der Waals surface area contributed by atoms with E-state index in [1.54, 1.807) is 50.6 Å². The molecule has 9 nitrogen and oxygen atoms in total. The van der Waals surface area contributed by atoms with Crippen molar-refractivity contribution in [3.63, 3.8) is 0 Å². The fourth-order valence-corrected chi connectivity index (χ4v) is 4.24. The van der Waals surface area contributed by atoms with Crippen molar-refractivity contribution in [3.05, 3.63) is 52.7 Å². The summed E-state index contributed by atoms with van der Waals surface area (Å²) in [6.07, 6.45) is 4.96. The van der Waals surface area contributed by atoms with Crippen LogP contribution in [0, 0.1) is 5.82 Å². The van der Waals surface area contributed by atoms with Crippen molar-refractivity contribution < 1.29 is 23.5 Å².